The maximum Gasteiger partial charge on any atom is 0.255 e. The molecule has 1 aliphatic rings. The van der Waals surface area contributed by atoms with Gasteiger partial charge in [-0.05, 0) is 18.2 Å². The highest BCUT2D eigenvalue weighted by molar-refractivity contribution is 5.99. The summed E-state index contributed by atoms with van der Waals surface area (Å²) in [5.74, 6) is -0.432. The number of hydrogen-bond acceptors (Lipinski definition) is 4. The molecule has 3 rings (SSSR count). The molecule has 2 aromatic carbocycles. The van der Waals surface area contributed by atoms with Gasteiger partial charge in [0.1, 0.15) is 23.4 Å². The number of carbonyl (C=O) groups is 2. The fourth-order valence-electron chi connectivity index (χ4n) is 2.99. The highest BCUT2D eigenvalue weighted by atomic mass is 19.1. The van der Waals surface area contributed by atoms with Crippen molar-refractivity contribution in [2.75, 3.05) is 27.3 Å². The molecule has 1 N–H and O–H groups in total. The molecule has 2 amide bonds. The molecule has 136 valence electrons. The number of methoxy groups -OCH3 is 2. The number of amides is 2. The number of benzene rings is 2. The van der Waals surface area contributed by atoms with Crippen molar-refractivity contribution < 1.29 is 23.5 Å². The number of ether oxygens (including phenoxy) is 2. The van der Waals surface area contributed by atoms with Gasteiger partial charge in [0.25, 0.3) is 5.91 Å². The molecule has 1 atom stereocenters. The maximum atomic E-state index is 14.3. The number of nitrogens with one attached hydrogen (secondary N) is 1. The molecule has 1 saturated heterocycles. The standard InChI is InChI=1S/C19H19FN2O4/c1-25-13-9-12(10-14(11-13)26-2)19(24)22-8-7-21-18(23)17(22)15-5-3-4-6-16(15)20/h3-6,9-11,17H,7-8H2,1-2H3,(H,21,23). The van der Waals surface area contributed by atoms with E-state index in [0.717, 1.165) is 0 Å². The fraction of sp³-hybridized carbons (Fsp3) is 0.263. The minimum absolute atomic E-state index is 0.160. The third-order valence-corrected chi connectivity index (χ3v) is 4.27. The SMILES string of the molecule is COc1cc(OC)cc(C(=O)N2CCNC(=O)C2c2ccccc2F)c1. The van der Waals surface area contributed by atoms with Gasteiger partial charge in [-0.3, -0.25) is 9.59 Å². The summed E-state index contributed by atoms with van der Waals surface area (Å²) >= 11 is 0. The lowest BCUT2D eigenvalue weighted by Gasteiger charge is -2.35. The molecule has 7 heteroatoms. The topological polar surface area (TPSA) is 67.9 Å². The monoisotopic (exact) mass is 358 g/mol. The summed E-state index contributed by atoms with van der Waals surface area (Å²) in [4.78, 5) is 26.9. The molecule has 0 saturated carbocycles. The van der Waals surface area contributed by atoms with Crippen molar-refractivity contribution in [3.8, 4) is 11.5 Å². The number of nitrogens with zero attached hydrogens (tertiary/aromatic N) is 1. The van der Waals surface area contributed by atoms with Crippen LogP contribution in [-0.4, -0.2) is 44.0 Å². The molecule has 6 nitrogen and oxygen atoms in total. The van der Waals surface area contributed by atoms with Gasteiger partial charge in [0, 0.05) is 30.3 Å². The minimum Gasteiger partial charge on any atom is -0.497 e. The predicted molar refractivity (Wildman–Crippen MR) is 92.7 cm³/mol. The molecule has 1 heterocycles. The number of piperazine rings is 1. The van der Waals surface area contributed by atoms with Gasteiger partial charge < -0.3 is 19.7 Å². The summed E-state index contributed by atoms with van der Waals surface area (Å²) in [5.41, 5.74) is 0.463. The van der Waals surface area contributed by atoms with Crippen LogP contribution in [-0.2, 0) is 4.79 Å². The number of halogens is 1. The van der Waals surface area contributed by atoms with Gasteiger partial charge in [0.2, 0.25) is 5.91 Å². The van der Waals surface area contributed by atoms with Crippen LogP contribution in [0.15, 0.2) is 42.5 Å². The van der Waals surface area contributed by atoms with Crippen LogP contribution in [0.3, 0.4) is 0 Å². The predicted octanol–water partition coefficient (Wildman–Crippen LogP) is 2.16. The van der Waals surface area contributed by atoms with E-state index in [-0.39, 0.29) is 12.1 Å². The normalized spacial score (nSPS) is 16.8. The average Bonchev–Trinajstić information content (AvgIpc) is 2.67. The number of hydrogen-bond donors (Lipinski definition) is 1. The Hall–Kier alpha value is -3.09. The zero-order valence-corrected chi connectivity index (χ0v) is 14.5. The lowest BCUT2D eigenvalue weighted by Crippen LogP contribution is -2.52. The van der Waals surface area contributed by atoms with Crippen LogP contribution in [0.5, 0.6) is 11.5 Å². The second-order valence-corrected chi connectivity index (χ2v) is 5.81. The van der Waals surface area contributed by atoms with E-state index in [2.05, 4.69) is 5.32 Å². The summed E-state index contributed by atoms with van der Waals surface area (Å²) in [6, 6.07) is 9.70. The van der Waals surface area contributed by atoms with E-state index >= 15 is 0 Å². The zero-order chi connectivity index (χ0) is 18.7. The lowest BCUT2D eigenvalue weighted by atomic mass is 10.0. The lowest BCUT2D eigenvalue weighted by molar-refractivity contribution is -0.128. The molecule has 0 radical (unpaired) electrons. The fourth-order valence-corrected chi connectivity index (χ4v) is 2.99. The summed E-state index contributed by atoms with van der Waals surface area (Å²) in [7, 11) is 2.97. The Morgan fingerprint density at radius 1 is 1.15 bits per heavy atom. The van der Waals surface area contributed by atoms with E-state index in [0.29, 0.717) is 23.6 Å². The van der Waals surface area contributed by atoms with Gasteiger partial charge in [-0.2, -0.15) is 0 Å². The van der Waals surface area contributed by atoms with E-state index in [1.807, 2.05) is 0 Å². The van der Waals surface area contributed by atoms with Crippen molar-refractivity contribution >= 4 is 11.8 Å². The van der Waals surface area contributed by atoms with Crippen LogP contribution in [0.25, 0.3) is 0 Å². The van der Waals surface area contributed by atoms with Gasteiger partial charge >= 0.3 is 0 Å². The zero-order valence-electron chi connectivity index (χ0n) is 14.5. The maximum absolute atomic E-state index is 14.3. The van der Waals surface area contributed by atoms with Crippen molar-refractivity contribution in [3.05, 3.63) is 59.4 Å². The quantitative estimate of drug-likeness (QED) is 0.909. The molecule has 1 aliphatic heterocycles. The van der Waals surface area contributed by atoms with Gasteiger partial charge in [-0.15, -0.1) is 0 Å². The second kappa shape index (κ2) is 7.43. The van der Waals surface area contributed by atoms with Gasteiger partial charge in [0.15, 0.2) is 0 Å². The molecular formula is C19H19FN2O4. The van der Waals surface area contributed by atoms with E-state index in [4.69, 9.17) is 9.47 Å². The van der Waals surface area contributed by atoms with Gasteiger partial charge in [-0.25, -0.2) is 4.39 Å². The first kappa shape index (κ1) is 17.7. The summed E-state index contributed by atoms with van der Waals surface area (Å²) in [5, 5.41) is 2.69. The average molecular weight is 358 g/mol. The number of rotatable bonds is 4. The van der Waals surface area contributed by atoms with Crippen molar-refractivity contribution in [2.45, 2.75) is 6.04 Å². The Morgan fingerprint density at radius 2 is 1.81 bits per heavy atom. The van der Waals surface area contributed by atoms with Crippen LogP contribution in [0.1, 0.15) is 22.0 Å². The molecular weight excluding hydrogens is 339 g/mol. The molecule has 0 spiro atoms. The van der Waals surface area contributed by atoms with Crippen LogP contribution < -0.4 is 14.8 Å². The van der Waals surface area contributed by atoms with E-state index < -0.39 is 23.7 Å². The Labute approximate surface area is 150 Å². The van der Waals surface area contributed by atoms with Crippen molar-refractivity contribution in [2.24, 2.45) is 0 Å². The van der Waals surface area contributed by atoms with Crippen LogP contribution in [0.2, 0.25) is 0 Å². The molecule has 1 unspecified atom stereocenters. The molecule has 1 fully saturated rings. The van der Waals surface area contributed by atoms with E-state index in [1.165, 1.54) is 31.3 Å². The molecule has 0 aromatic heterocycles. The summed E-state index contributed by atoms with van der Waals surface area (Å²) in [6.45, 7) is 0.569. The van der Waals surface area contributed by atoms with Gasteiger partial charge in [0.05, 0.1) is 14.2 Å². The largest absolute Gasteiger partial charge is 0.497 e. The first-order chi connectivity index (χ1) is 12.5. The van der Waals surface area contributed by atoms with E-state index in [9.17, 15) is 14.0 Å². The van der Waals surface area contributed by atoms with Crippen LogP contribution >= 0.6 is 0 Å². The van der Waals surface area contributed by atoms with Crippen molar-refractivity contribution in [1.82, 2.24) is 10.2 Å². The molecule has 0 aliphatic carbocycles. The first-order valence-electron chi connectivity index (χ1n) is 8.11. The third-order valence-electron chi connectivity index (χ3n) is 4.27. The molecule has 2 aromatic rings. The van der Waals surface area contributed by atoms with Crippen molar-refractivity contribution in [1.29, 1.82) is 0 Å². The molecule has 26 heavy (non-hydrogen) atoms. The van der Waals surface area contributed by atoms with Crippen LogP contribution in [0, 0.1) is 5.82 Å². The third kappa shape index (κ3) is 3.33. The Morgan fingerprint density at radius 3 is 2.42 bits per heavy atom. The van der Waals surface area contributed by atoms with Crippen LogP contribution in [0.4, 0.5) is 4.39 Å². The second-order valence-electron chi connectivity index (χ2n) is 5.81. The Kier molecular flexibility index (Phi) is 5.06. The molecule has 0 bridgehead atoms. The highest BCUT2D eigenvalue weighted by Gasteiger charge is 2.36. The minimum atomic E-state index is -1.03. The highest BCUT2D eigenvalue weighted by Crippen LogP contribution is 2.29. The smallest absolute Gasteiger partial charge is 0.255 e. The summed E-state index contributed by atoms with van der Waals surface area (Å²) < 4.78 is 24.7. The van der Waals surface area contributed by atoms with E-state index in [1.54, 1.807) is 30.3 Å². The Bertz CT molecular complexity index is 818. The summed E-state index contributed by atoms with van der Waals surface area (Å²) in [6.07, 6.45) is 0. The first-order valence-corrected chi connectivity index (χ1v) is 8.11. The van der Waals surface area contributed by atoms with Crippen molar-refractivity contribution in [3.63, 3.8) is 0 Å². The van der Waals surface area contributed by atoms with Gasteiger partial charge in [-0.1, -0.05) is 18.2 Å². The Balaban J connectivity index is 2.01. The number of carbonyl (C=O) groups excluding carboxylic acids is 2.